The molecular formula is C52H75N25O12. The summed E-state index contributed by atoms with van der Waals surface area (Å²) in [5, 5.41) is 18.6. The van der Waals surface area contributed by atoms with Gasteiger partial charge < -0.3 is 114 Å². The molecule has 0 radical (unpaired) electrons. The minimum absolute atomic E-state index is 0.00777. The van der Waals surface area contributed by atoms with Crippen molar-refractivity contribution in [3.63, 3.8) is 0 Å². The third-order valence-corrected chi connectivity index (χ3v) is 12.7. The van der Waals surface area contributed by atoms with E-state index >= 15 is 0 Å². The van der Waals surface area contributed by atoms with Gasteiger partial charge >= 0.3 is 0 Å². The standard InChI is InChI=1S/C52H75N25O12/c53-25(9-1-5-21-63-39(80)29-13-17-33(67-29)45(86)74-49(55)56)38(79)72-27(11-3-7-23-65-41(82)31-15-19-35(69-31)47(88)76-51(59)60)44(85)73-28(12-4-8-24-66-42(83)32-16-20-36(70-32)48(89)77-52(61)62)43(84)71-26(37(54)78)10-2-6-22-64-40(81)30-14-18-34(68-30)46(87)75-50(57)58/h13-20,25-28,67-70H,1-12,21-24,53H2,(H2,54,78)(H,63,80)(H,64,81)(H,65,82)(H,66,83)(H,71,84)(H,72,79)(H,73,85)(H4,55,56,74,86)(H4,57,58,75,87)(H4,59,60,76,88)(H4,61,62,77,89)/t25-,26-,27-,28-/m0/s1. The number of nitrogens with zero attached hydrogens (tertiary/aromatic N) is 4. The summed E-state index contributed by atoms with van der Waals surface area (Å²) >= 11 is 0. The van der Waals surface area contributed by atoms with Crippen LogP contribution < -0.4 is 94.6 Å². The summed E-state index contributed by atoms with van der Waals surface area (Å²) in [6, 6.07) is 5.45. The van der Waals surface area contributed by atoms with E-state index in [1.807, 2.05) is 0 Å². The predicted molar refractivity (Wildman–Crippen MR) is 321 cm³/mol. The first kappa shape index (κ1) is 70.1. The Kier molecular flexibility index (Phi) is 27.7. The fraction of sp³-hybridized carbons (Fsp3) is 0.385. The minimum atomic E-state index is -1.39. The summed E-state index contributed by atoms with van der Waals surface area (Å²) in [5.41, 5.74) is 54.1. The molecule has 0 bridgehead atoms. The van der Waals surface area contributed by atoms with Gasteiger partial charge in [-0.1, -0.05) is 0 Å². The van der Waals surface area contributed by atoms with E-state index in [0.29, 0.717) is 12.8 Å². The average Bonchev–Trinajstić information content (AvgIpc) is 4.55. The zero-order valence-electron chi connectivity index (χ0n) is 48.2. The van der Waals surface area contributed by atoms with Crippen molar-refractivity contribution in [2.45, 2.75) is 101 Å². The lowest BCUT2D eigenvalue weighted by atomic mass is 10.0. The molecular weight excluding hydrogens is 1170 g/mol. The minimum Gasteiger partial charge on any atom is -0.370 e. The van der Waals surface area contributed by atoms with Crippen molar-refractivity contribution in [1.82, 2.24) is 57.2 Å². The van der Waals surface area contributed by atoms with Crippen LogP contribution in [0, 0.1) is 0 Å². The summed E-state index contributed by atoms with van der Waals surface area (Å²) in [5.74, 6) is -10.8. The van der Waals surface area contributed by atoms with E-state index in [9.17, 15) is 57.5 Å². The third-order valence-electron chi connectivity index (χ3n) is 12.7. The molecule has 4 rings (SSSR count). The van der Waals surface area contributed by atoms with Crippen molar-refractivity contribution in [3.8, 4) is 0 Å². The Balaban J connectivity index is 1.46. The van der Waals surface area contributed by atoms with Crippen LogP contribution in [0.1, 0.15) is 161 Å². The van der Waals surface area contributed by atoms with Gasteiger partial charge in [-0.05, 0) is 126 Å². The number of aromatic nitrogens is 4. The largest absolute Gasteiger partial charge is 0.370 e. The fourth-order valence-corrected chi connectivity index (χ4v) is 8.19. The molecule has 0 aliphatic rings. The second-order valence-electron chi connectivity index (χ2n) is 19.7. The number of unbranched alkanes of at least 4 members (excludes halogenated alkanes) is 4. The summed E-state index contributed by atoms with van der Waals surface area (Å²) in [7, 11) is 0. The van der Waals surface area contributed by atoms with E-state index in [4.69, 9.17) is 57.3 Å². The zero-order chi connectivity index (χ0) is 65.7. The van der Waals surface area contributed by atoms with Gasteiger partial charge in [0.15, 0.2) is 23.8 Å². The predicted octanol–water partition coefficient (Wildman–Crippen LogP) is -5.38. The highest BCUT2D eigenvalue weighted by Crippen LogP contribution is 2.12. The highest BCUT2D eigenvalue weighted by molar-refractivity contribution is 6.05. The number of hydrogen-bond donors (Lipinski definition) is 21. The number of nitrogens with one attached hydrogen (secondary N) is 11. The third kappa shape index (κ3) is 24.2. The highest BCUT2D eigenvalue weighted by Gasteiger charge is 2.30. The summed E-state index contributed by atoms with van der Waals surface area (Å²) in [4.78, 5) is 179. The van der Waals surface area contributed by atoms with E-state index in [1.165, 1.54) is 48.5 Å². The molecule has 0 spiro atoms. The Labute approximate surface area is 506 Å². The molecule has 4 atom stereocenters. The Morgan fingerprint density at radius 2 is 0.562 bits per heavy atom. The van der Waals surface area contributed by atoms with Crippen molar-refractivity contribution >= 4 is 94.7 Å². The van der Waals surface area contributed by atoms with E-state index in [0.717, 1.165) is 0 Å². The van der Waals surface area contributed by atoms with Gasteiger partial charge in [0.05, 0.1) is 6.04 Å². The number of rotatable bonds is 35. The normalized spacial score (nSPS) is 12.0. The first-order chi connectivity index (χ1) is 42.2. The molecule has 0 aromatic carbocycles. The molecule has 4 aromatic heterocycles. The molecule has 31 N–H and O–H groups in total. The molecule has 4 aromatic rings. The Morgan fingerprint density at radius 1 is 0.326 bits per heavy atom. The summed E-state index contributed by atoms with van der Waals surface area (Å²) in [6.07, 6.45) is 1.92. The van der Waals surface area contributed by atoms with Crippen molar-refractivity contribution in [2.75, 3.05) is 26.2 Å². The number of H-pyrrole nitrogens is 4. The molecule has 37 heteroatoms. The topological polar surface area (TPSA) is 662 Å². The molecule has 480 valence electrons. The van der Waals surface area contributed by atoms with Crippen LogP contribution in [-0.2, 0) is 19.2 Å². The Bertz CT molecular complexity index is 3320. The number of aliphatic imine (C=N–C) groups is 4. The van der Waals surface area contributed by atoms with Crippen molar-refractivity contribution in [3.05, 3.63) is 94.1 Å². The van der Waals surface area contributed by atoms with Crippen LogP contribution in [-0.4, -0.2) is 165 Å². The summed E-state index contributed by atoms with van der Waals surface area (Å²) < 4.78 is 0. The molecule has 0 saturated carbocycles. The van der Waals surface area contributed by atoms with Crippen LogP contribution in [0.3, 0.4) is 0 Å². The van der Waals surface area contributed by atoms with Gasteiger partial charge in [0.1, 0.15) is 63.7 Å². The number of amides is 12. The quantitative estimate of drug-likeness (QED) is 0.0116. The van der Waals surface area contributed by atoms with E-state index in [1.54, 1.807) is 0 Å². The Hall–Kier alpha value is -11.4. The lowest BCUT2D eigenvalue weighted by molar-refractivity contribution is -0.133. The first-order valence-corrected chi connectivity index (χ1v) is 27.6. The molecule has 37 nitrogen and oxygen atoms in total. The van der Waals surface area contributed by atoms with Crippen molar-refractivity contribution in [1.29, 1.82) is 0 Å². The molecule has 89 heavy (non-hydrogen) atoms. The number of carbonyl (C=O) groups is 12. The fourth-order valence-electron chi connectivity index (χ4n) is 8.19. The van der Waals surface area contributed by atoms with Gasteiger partial charge in [-0.3, -0.25) is 57.5 Å². The van der Waals surface area contributed by atoms with Gasteiger partial charge in [0.2, 0.25) is 23.6 Å². The SMILES string of the molecule is NC(=O)[C@H](CCCCNC(=O)c1ccc(C(=O)N=C(N)N)[nH]1)NC(=O)[C@H](CCCCNC(=O)c1ccc(C(=O)N=C(N)N)[nH]1)NC(=O)[C@H](CCCCNC(=O)c1ccc(C(=O)N=C(N)N)[nH]1)NC(=O)[C@@H](N)CCCCNC(=O)c1ccc(C(=O)N=C(N)N)[nH]1. The lowest BCUT2D eigenvalue weighted by Crippen LogP contribution is -2.57. The van der Waals surface area contributed by atoms with Gasteiger partial charge in [0, 0.05) is 26.2 Å². The smallest absolute Gasteiger partial charge is 0.296 e. The van der Waals surface area contributed by atoms with Crippen LogP contribution in [0.25, 0.3) is 0 Å². The Morgan fingerprint density at radius 3 is 0.831 bits per heavy atom. The molecule has 0 unspecified atom stereocenters. The van der Waals surface area contributed by atoms with Crippen LogP contribution >= 0.6 is 0 Å². The zero-order valence-corrected chi connectivity index (χ0v) is 48.2. The van der Waals surface area contributed by atoms with Crippen LogP contribution in [0.4, 0.5) is 0 Å². The number of guanidine groups is 4. The lowest BCUT2D eigenvalue weighted by Gasteiger charge is -2.26. The monoisotopic (exact) mass is 1240 g/mol. The number of nitrogens with two attached hydrogens (primary N) is 10. The molecule has 0 fully saturated rings. The van der Waals surface area contributed by atoms with Crippen LogP contribution in [0.5, 0.6) is 0 Å². The second-order valence-corrected chi connectivity index (χ2v) is 19.7. The van der Waals surface area contributed by atoms with Gasteiger partial charge in [-0.15, -0.1) is 0 Å². The molecule has 0 saturated heterocycles. The maximum atomic E-state index is 14.4. The summed E-state index contributed by atoms with van der Waals surface area (Å²) in [6.45, 7) is 0.319. The van der Waals surface area contributed by atoms with Crippen molar-refractivity contribution < 1.29 is 57.5 Å². The molecule has 12 amide bonds. The van der Waals surface area contributed by atoms with E-state index < -0.39 is 119 Å². The highest BCUT2D eigenvalue weighted by atomic mass is 16.2. The maximum absolute atomic E-state index is 14.4. The molecule has 0 aliphatic carbocycles. The van der Waals surface area contributed by atoms with Crippen LogP contribution in [0.2, 0.25) is 0 Å². The van der Waals surface area contributed by atoms with Gasteiger partial charge in [0.25, 0.3) is 47.3 Å². The first-order valence-electron chi connectivity index (χ1n) is 27.6. The van der Waals surface area contributed by atoms with Gasteiger partial charge in [-0.2, -0.15) is 20.0 Å². The maximum Gasteiger partial charge on any atom is 0.296 e. The average molecular weight is 1240 g/mol. The van der Waals surface area contributed by atoms with Crippen LogP contribution in [0.15, 0.2) is 68.5 Å². The second kappa shape index (κ2) is 35.2. The van der Waals surface area contributed by atoms with E-state index in [-0.39, 0.29) is 136 Å². The molecule has 0 aliphatic heterocycles. The number of carbonyl (C=O) groups excluding carboxylic acids is 12. The molecule has 4 heterocycles. The number of primary amides is 1. The van der Waals surface area contributed by atoms with Crippen molar-refractivity contribution in [2.24, 2.45) is 77.3 Å². The van der Waals surface area contributed by atoms with Gasteiger partial charge in [-0.25, -0.2) is 0 Å². The number of hydrogen-bond acceptors (Lipinski definition) is 13. The number of aromatic amines is 4. The van der Waals surface area contributed by atoms with E-state index in [2.05, 4.69) is 77.1 Å².